The first-order valence-corrected chi connectivity index (χ1v) is 4.67. The summed E-state index contributed by atoms with van der Waals surface area (Å²) in [5.74, 6) is 0.432. The molecule has 0 heterocycles. The fourth-order valence-electron chi connectivity index (χ4n) is 1.22. The van der Waals surface area contributed by atoms with Crippen LogP contribution in [0.2, 0.25) is 0 Å². The summed E-state index contributed by atoms with van der Waals surface area (Å²) in [5, 5.41) is 20.1. The molecular weight excluding hydrogens is 176 g/mol. The third kappa shape index (κ3) is 2.16. The molecule has 0 saturated carbocycles. The average molecular weight is 190 g/mol. The van der Waals surface area contributed by atoms with Gasteiger partial charge in [-0.1, -0.05) is 26.0 Å². The normalized spacial score (nSPS) is 9.29. The highest BCUT2D eigenvalue weighted by Gasteiger charge is 1.95. The Morgan fingerprint density at radius 3 is 1.57 bits per heavy atom. The molecule has 0 aliphatic heterocycles. The van der Waals surface area contributed by atoms with E-state index in [1.165, 1.54) is 0 Å². The topological polar surface area (TPSA) is 40.5 Å². The predicted molar refractivity (Wildman–Crippen MR) is 58.6 cm³/mol. The van der Waals surface area contributed by atoms with Crippen molar-refractivity contribution in [2.75, 3.05) is 0 Å². The average Bonchev–Trinajstić information content (AvgIpc) is 2.20. The van der Waals surface area contributed by atoms with E-state index in [2.05, 4.69) is 0 Å². The quantitative estimate of drug-likeness (QED) is 0.669. The van der Waals surface area contributed by atoms with E-state index in [1.807, 2.05) is 26.0 Å². The number of benzene rings is 2. The molecule has 2 N–H and O–H groups in total. The second kappa shape index (κ2) is 4.51. The monoisotopic (exact) mass is 190 g/mol. The van der Waals surface area contributed by atoms with Gasteiger partial charge in [0.2, 0.25) is 0 Å². The Balaban J connectivity index is 0.000000461. The Labute approximate surface area is 83.4 Å². The Bertz CT molecular complexity index is 385. The number of aromatic hydroxyl groups is 2. The van der Waals surface area contributed by atoms with Crippen LogP contribution in [-0.2, 0) is 0 Å². The fourth-order valence-corrected chi connectivity index (χ4v) is 1.22. The molecule has 2 heteroatoms. The Morgan fingerprint density at radius 1 is 0.714 bits per heavy atom. The minimum atomic E-state index is 0.216. The lowest BCUT2D eigenvalue weighted by Gasteiger charge is -1.98. The van der Waals surface area contributed by atoms with Crippen molar-refractivity contribution in [1.82, 2.24) is 0 Å². The van der Waals surface area contributed by atoms with E-state index in [9.17, 15) is 0 Å². The molecule has 0 aliphatic rings. The highest BCUT2D eigenvalue weighted by Crippen LogP contribution is 2.23. The van der Waals surface area contributed by atoms with Gasteiger partial charge in [0.05, 0.1) is 0 Å². The van der Waals surface area contributed by atoms with E-state index in [0.29, 0.717) is 0 Å². The van der Waals surface area contributed by atoms with E-state index in [4.69, 9.17) is 10.2 Å². The molecule has 2 aromatic carbocycles. The molecule has 2 nitrogen and oxygen atoms in total. The van der Waals surface area contributed by atoms with Crippen LogP contribution in [-0.4, -0.2) is 10.2 Å². The van der Waals surface area contributed by atoms with E-state index in [-0.39, 0.29) is 11.5 Å². The van der Waals surface area contributed by atoms with Crippen LogP contribution >= 0.6 is 0 Å². The van der Waals surface area contributed by atoms with E-state index in [1.54, 1.807) is 24.3 Å². The molecule has 0 bridgehead atoms. The van der Waals surface area contributed by atoms with Gasteiger partial charge in [-0.05, 0) is 35.0 Å². The first-order chi connectivity index (χ1) is 6.75. The predicted octanol–water partition coefficient (Wildman–Crippen LogP) is 3.28. The van der Waals surface area contributed by atoms with Crippen molar-refractivity contribution in [3.8, 4) is 11.5 Å². The largest absolute Gasteiger partial charge is 0.508 e. The Kier molecular flexibility index (Phi) is 3.35. The summed E-state index contributed by atoms with van der Waals surface area (Å²) in [6, 6.07) is 10.1. The molecule has 0 aliphatic carbocycles. The summed E-state index contributed by atoms with van der Waals surface area (Å²) < 4.78 is 0. The second-order valence-electron chi connectivity index (χ2n) is 2.72. The fraction of sp³-hybridized carbons (Fsp3) is 0.167. The van der Waals surface area contributed by atoms with Crippen LogP contribution in [0.1, 0.15) is 13.8 Å². The van der Waals surface area contributed by atoms with E-state index >= 15 is 0 Å². The van der Waals surface area contributed by atoms with Crippen LogP contribution in [0.3, 0.4) is 0 Å². The van der Waals surface area contributed by atoms with E-state index in [0.717, 1.165) is 10.8 Å². The molecule has 0 radical (unpaired) electrons. The lowest BCUT2D eigenvalue weighted by Crippen LogP contribution is -1.71. The van der Waals surface area contributed by atoms with Gasteiger partial charge in [-0.3, -0.25) is 0 Å². The summed E-state index contributed by atoms with van der Waals surface area (Å²) in [5.41, 5.74) is 0. The summed E-state index contributed by atoms with van der Waals surface area (Å²) >= 11 is 0. The highest BCUT2D eigenvalue weighted by atomic mass is 16.3. The molecule has 0 aromatic heterocycles. The summed E-state index contributed by atoms with van der Waals surface area (Å²) in [4.78, 5) is 0. The van der Waals surface area contributed by atoms with Gasteiger partial charge in [-0.2, -0.15) is 0 Å². The maximum absolute atomic E-state index is 9.14. The molecule has 0 amide bonds. The van der Waals surface area contributed by atoms with Gasteiger partial charge in [-0.25, -0.2) is 0 Å². The van der Waals surface area contributed by atoms with E-state index < -0.39 is 0 Å². The van der Waals surface area contributed by atoms with Gasteiger partial charge in [0.1, 0.15) is 11.5 Å². The number of hydrogen-bond donors (Lipinski definition) is 2. The molecule has 0 saturated heterocycles. The second-order valence-corrected chi connectivity index (χ2v) is 2.72. The van der Waals surface area contributed by atoms with Crippen LogP contribution in [0.15, 0.2) is 36.4 Å². The van der Waals surface area contributed by atoms with Crippen molar-refractivity contribution in [3.63, 3.8) is 0 Å². The molecule has 2 aromatic rings. The van der Waals surface area contributed by atoms with Crippen molar-refractivity contribution in [2.24, 2.45) is 0 Å². The van der Waals surface area contributed by atoms with Crippen LogP contribution < -0.4 is 0 Å². The first kappa shape index (κ1) is 10.4. The number of rotatable bonds is 0. The SMILES string of the molecule is CC.Oc1ccc2ccc(O)cc2c1. The molecule has 0 unspecified atom stereocenters. The van der Waals surface area contributed by atoms with Crippen molar-refractivity contribution >= 4 is 10.8 Å². The number of fused-ring (bicyclic) bond motifs is 1. The highest BCUT2D eigenvalue weighted by molar-refractivity contribution is 5.84. The minimum Gasteiger partial charge on any atom is -0.508 e. The summed E-state index contributed by atoms with van der Waals surface area (Å²) in [6.07, 6.45) is 0. The zero-order valence-corrected chi connectivity index (χ0v) is 8.36. The zero-order valence-electron chi connectivity index (χ0n) is 8.36. The van der Waals surface area contributed by atoms with Crippen molar-refractivity contribution < 1.29 is 10.2 Å². The standard InChI is InChI=1S/C10H8O2.C2H6/c11-9-3-1-7-2-4-10(12)6-8(7)5-9;1-2/h1-6,11-12H;1-2H3. The van der Waals surface area contributed by atoms with Crippen molar-refractivity contribution in [1.29, 1.82) is 0 Å². The zero-order chi connectivity index (χ0) is 10.6. The van der Waals surface area contributed by atoms with Gasteiger partial charge in [0, 0.05) is 0 Å². The number of phenols is 2. The van der Waals surface area contributed by atoms with Crippen molar-refractivity contribution in [2.45, 2.75) is 13.8 Å². The smallest absolute Gasteiger partial charge is 0.116 e. The minimum absolute atomic E-state index is 0.216. The Hall–Kier alpha value is -1.70. The van der Waals surface area contributed by atoms with Gasteiger partial charge in [0.25, 0.3) is 0 Å². The van der Waals surface area contributed by atoms with Gasteiger partial charge in [0.15, 0.2) is 0 Å². The third-order valence-corrected chi connectivity index (χ3v) is 1.81. The Morgan fingerprint density at radius 2 is 1.14 bits per heavy atom. The molecule has 2 rings (SSSR count). The van der Waals surface area contributed by atoms with Crippen LogP contribution in [0, 0.1) is 0 Å². The lowest BCUT2D eigenvalue weighted by molar-refractivity contribution is 0.474. The number of hydrogen-bond acceptors (Lipinski definition) is 2. The molecule has 0 atom stereocenters. The van der Waals surface area contributed by atoms with Crippen LogP contribution in [0.5, 0.6) is 11.5 Å². The van der Waals surface area contributed by atoms with Gasteiger partial charge >= 0.3 is 0 Å². The van der Waals surface area contributed by atoms with Gasteiger partial charge < -0.3 is 10.2 Å². The molecular formula is C12H14O2. The van der Waals surface area contributed by atoms with Crippen LogP contribution in [0.4, 0.5) is 0 Å². The summed E-state index contributed by atoms with van der Waals surface area (Å²) in [6.45, 7) is 4.00. The maximum Gasteiger partial charge on any atom is 0.116 e. The molecule has 14 heavy (non-hydrogen) atoms. The van der Waals surface area contributed by atoms with Crippen LogP contribution in [0.25, 0.3) is 10.8 Å². The van der Waals surface area contributed by atoms with Gasteiger partial charge in [-0.15, -0.1) is 0 Å². The molecule has 0 spiro atoms. The number of phenolic OH excluding ortho intramolecular Hbond substituents is 2. The third-order valence-electron chi connectivity index (χ3n) is 1.81. The summed E-state index contributed by atoms with van der Waals surface area (Å²) in [7, 11) is 0. The maximum atomic E-state index is 9.14. The molecule has 0 fully saturated rings. The lowest BCUT2D eigenvalue weighted by atomic mass is 10.1. The molecule has 74 valence electrons. The van der Waals surface area contributed by atoms with Crippen molar-refractivity contribution in [3.05, 3.63) is 36.4 Å². The first-order valence-electron chi connectivity index (χ1n) is 4.67.